The van der Waals surface area contributed by atoms with Crippen molar-refractivity contribution in [3.63, 3.8) is 0 Å². The lowest BCUT2D eigenvalue weighted by molar-refractivity contribution is 0.622. The lowest BCUT2D eigenvalue weighted by atomic mass is 10.1. The van der Waals surface area contributed by atoms with Crippen molar-refractivity contribution in [2.24, 2.45) is 0 Å². The van der Waals surface area contributed by atoms with Crippen molar-refractivity contribution in [3.8, 4) is 0 Å². The van der Waals surface area contributed by atoms with Gasteiger partial charge in [-0.15, -0.1) is 12.3 Å². The van der Waals surface area contributed by atoms with Crippen LogP contribution in [0.3, 0.4) is 0 Å². The van der Waals surface area contributed by atoms with Gasteiger partial charge in [-0.2, -0.15) is 0 Å². The van der Waals surface area contributed by atoms with Crippen molar-refractivity contribution in [2.45, 2.75) is 64.6 Å². The molecule has 0 spiro atoms. The summed E-state index contributed by atoms with van der Waals surface area (Å²) in [7, 11) is -0.982. The number of hydrogen-bond donors (Lipinski definition) is 0. The number of hydrogen-bond acceptors (Lipinski definition) is 0. The molecule has 0 aliphatic heterocycles. The molecule has 0 bridgehead atoms. The van der Waals surface area contributed by atoms with Crippen LogP contribution in [0.2, 0.25) is 19.1 Å². The van der Waals surface area contributed by atoms with E-state index >= 15 is 0 Å². The Morgan fingerprint density at radius 1 is 1.00 bits per heavy atom. The quantitative estimate of drug-likeness (QED) is 0.389. The highest BCUT2D eigenvalue weighted by atomic mass is 28.3. The average Bonchev–Trinajstić information content (AvgIpc) is 2.11. The van der Waals surface area contributed by atoms with Crippen molar-refractivity contribution >= 4 is 8.07 Å². The first-order valence-electron chi connectivity index (χ1n) is 5.76. The van der Waals surface area contributed by atoms with E-state index in [0.29, 0.717) is 0 Å². The zero-order valence-corrected chi connectivity index (χ0v) is 10.7. The minimum Gasteiger partial charge on any atom is -0.107 e. The Hall–Kier alpha value is -0.0431. The molecule has 0 N–H and O–H groups in total. The molecule has 0 fully saturated rings. The lowest BCUT2D eigenvalue weighted by Gasteiger charge is -2.16. The zero-order chi connectivity index (χ0) is 10.2. The smallest absolute Gasteiger partial charge is 0.0709 e. The summed E-state index contributed by atoms with van der Waals surface area (Å²) in [6.07, 6.45) is 8.51. The van der Waals surface area contributed by atoms with Gasteiger partial charge in [0.1, 0.15) is 0 Å². The van der Waals surface area contributed by atoms with Crippen LogP contribution >= 0.6 is 0 Å². The van der Waals surface area contributed by atoms with Crippen LogP contribution in [-0.4, -0.2) is 8.07 Å². The van der Waals surface area contributed by atoms with Crippen LogP contribution in [0.15, 0.2) is 12.3 Å². The molecule has 0 rings (SSSR count). The molecule has 78 valence electrons. The van der Waals surface area contributed by atoms with Gasteiger partial charge in [-0.25, -0.2) is 0 Å². The fourth-order valence-electron chi connectivity index (χ4n) is 1.46. The van der Waals surface area contributed by atoms with E-state index in [2.05, 4.69) is 32.3 Å². The Balaban J connectivity index is 3.20. The van der Waals surface area contributed by atoms with Crippen LogP contribution in [0.5, 0.6) is 0 Å². The predicted octanol–water partition coefficient (Wildman–Crippen LogP) is 4.78. The lowest BCUT2D eigenvalue weighted by Crippen LogP contribution is -2.21. The van der Waals surface area contributed by atoms with Crippen molar-refractivity contribution in [1.82, 2.24) is 0 Å². The van der Waals surface area contributed by atoms with Gasteiger partial charge >= 0.3 is 0 Å². The maximum atomic E-state index is 3.92. The second-order valence-electron chi connectivity index (χ2n) is 4.71. The summed E-state index contributed by atoms with van der Waals surface area (Å²) in [6, 6.07) is 1.43. The van der Waals surface area contributed by atoms with Crippen molar-refractivity contribution in [3.05, 3.63) is 12.3 Å². The Labute approximate surface area is 85.4 Å². The molecule has 0 aromatic heterocycles. The third-order valence-corrected chi connectivity index (χ3v) is 5.47. The first-order valence-corrected chi connectivity index (χ1v) is 9.04. The minimum absolute atomic E-state index is 0.982. The molecule has 0 heterocycles. The largest absolute Gasteiger partial charge is 0.107 e. The molecule has 0 aromatic rings. The first-order chi connectivity index (χ1) is 6.12. The second kappa shape index (κ2) is 7.37. The highest BCUT2D eigenvalue weighted by Crippen LogP contribution is 2.16. The van der Waals surface area contributed by atoms with E-state index in [0.717, 1.165) is 0 Å². The first kappa shape index (κ1) is 13.0. The van der Waals surface area contributed by atoms with E-state index in [9.17, 15) is 0 Å². The minimum atomic E-state index is -0.982. The van der Waals surface area contributed by atoms with Gasteiger partial charge < -0.3 is 0 Å². The van der Waals surface area contributed by atoms with Crippen LogP contribution in [0.1, 0.15) is 45.4 Å². The Morgan fingerprint density at radius 2 is 1.54 bits per heavy atom. The summed E-state index contributed by atoms with van der Waals surface area (Å²) >= 11 is 0. The highest BCUT2D eigenvalue weighted by Gasteiger charge is 2.14. The Kier molecular flexibility index (Phi) is 7.34. The summed E-state index contributed by atoms with van der Waals surface area (Å²) in [6.45, 7) is 11.0. The van der Waals surface area contributed by atoms with E-state index in [-0.39, 0.29) is 0 Å². The topological polar surface area (TPSA) is 0 Å². The molecular formula is C12H26Si. The maximum absolute atomic E-state index is 3.92. The third kappa shape index (κ3) is 8.29. The molecule has 1 heteroatoms. The molecule has 0 unspecified atom stereocenters. The molecule has 13 heavy (non-hydrogen) atoms. The van der Waals surface area contributed by atoms with Crippen LogP contribution in [0.4, 0.5) is 0 Å². The molecule has 0 radical (unpaired) electrons. The van der Waals surface area contributed by atoms with Crippen molar-refractivity contribution in [1.29, 1.82) is 0 Å². The van der Waals surface area contributed by atoms with Gasteiger partial charge in [0.25, 0.3) is 0 Å². The van der Waals surface area contributed by atoms with Crippen LogP contribution in [0, 0.1) is 0 Å². The molecule has 0 nitrogen and oxygen atoms in total. The van der Waals surface area contributed by atoms with Gasteiger partial charge in [0.15, 0.2) is 0 Å². The SMILES string of the molecule is C=C[Si](C)(C)CCCCCCCC. The highest BCUT2D eigenvalue weighted by molar-refractivity contribution is 6.82. The number of unbranched alkanes of at least 4 members (excludes halogenated alkanes) is 5. The second-order valence-corrected chi connectivity index (χ2v) is 9.60. The van der Waals surface area contributed by atoms with Crippen molar-refractivity contribution < 1.29 is 0 Å². The van der Waals surface area contributed by atoms with E-state index in [1.807, 2.05) is 0 Å². The van der Waals surface area contributed by atoms with E-state index in [4.69, 9.17) is 0 Å². The van der Waals surface area contributed by atoms with Gasteiger partial charge in [-0.1, -0.05) is 64.6 Å². The van der Waals surface area contributed by atoms with E-state index in [1.54, 1.807) is 0 Å². The fraction of sp³-hybridized carbons (Fsp3) is 0.833. The van der Waals surface area contributed by atoms with E-state index < -0.39 is 8.07 Å². The predicted molar refractivity (Wildman–Crippen MR) is 65.9 cm³/mol. The summed E-state index contributed by atoms with van der Waals surface area (Å²) in [5, 5.41) is 0. The molecule has 0 saturated carbocycles. The van der Waals surface area contributed by atoms with Gasteiger partial charge in [0.2, 0.25) is 0 Å². The van der Waals surface area contributed by atoms with Gasteiger partial charge in [0.05, 0.1) is 8.07 Å². The average molecular weight is 198 g/mol. The molecular weight excluding hydrogens is 172 g/mol. The van der Waals surface area contributed by atoms with Crippen molar-refractivity contribution in [2.75, 3.05) is 0 Å². The Bertz CT molecular complexity index is 127. The maximum Gasteiger partial charge on any atom is 0.0709 e. The zero-order valence-electron chi connectivity index (χ0n) is 9.73. The summed E-state index contributed by atoms with van der Waals surface area (Å²) in [5.74, 6) is 0. The van der Waals surface area contributed by atoms with Gasteiger partial charge in [-0.05, 0) is 0 Å². The summed E-state index contributed by atoms with van der Waals surface area (Å²) in [5.41, 5.74) is 2.22. The monoisotopic (exact) mass is 198 g/mol. The summed E-state index contributed by atoms with van der Waals surface area (Å²) < 4.78 is 0. The number of rotatable bonds is 8. The van der Waals surface area contributed by atoms with Crippen LogP contribution < -0.4 is 0 Å². The van der Waals surface area contributed by atoms with Gasteiger partial charge in [0, 0.05) is 0 Å². The van der Waals surface area contributed by atoms with E-state index in [1.165, 1.54) is 44.6 Å². The standard InChI is InChI=1S/C12H26Si/c1-5-7-8-9-10-11-12-13(3,4)6-2/h6H,2,5,7-12H2,1,3-4H3. The molecule has 0 aliphatic carbocycles. The molecule has 0 amide bonds. The normalized spacial score (nSPS) is 11.6. The van der Waals surface area contributed by atoms with Gasteiger partial charge in [-0.3, -0.25) is 0 Å². The van der Waals surface area contributed by atoms with Crippen LogP contribution in [-0.2, 0) is 0 Å². The molecule has 0 aromatic carbocycles. The molecule has 0 saturated heterocycles. The fourth-order valence-corrected chi connectivity index (χ4v) is 2.83. The third-order valence-electron chi connectivity index (χ3n) is 2.73. The molecule has 0 atom stereocenters. The molecule has 0 aliphatic rings. The Morgan fingerprint density at radius 3 is 2.08 bits per heavy atom. The van der Waals surface area contributed by atoms with Crippen LogP contribution in [0.25, 0.3) is 0 Å². The summed E-state index contributed by atoms with van der Waals surface area (Å²) in [4.78, 5) is 0.